The van der Waals surface area contributed by atoms with E-state index in [1.54, 1.807) is 6.20 Å². The number of hydrogen-bond acceptors (Lipinski definition) is 11. The first-order valence-corrected chi connectivity index (χ1v) is 19.0. The minimum absolute atomic E-state index is 0.0672. The number of amides is 1. The van der Waals surface area contributed by atoms with Crippen LogP contribution in [-0.2, 0) is 32.9 Å². The van der Waals surface area contributed by atoms with Crippen LogP contribution in [0.4, 0.5) is 0 Å². The largest absolute Gasteiger partial charge is 0.490 e. The van der Waals surface area contributed by atoms with Crippen LogP contribution < -0.4 is 4.74 Å². The molecule has 4 atom stereocenters. The van der Waals surface area contributed by atoms with Crippen molar-refractivity contribution in [2.45, 2.75) is 94.1 Å². The average molecular weight is 778 g/mol. The SMILES string of the molecule is O=C([C@@H](O)[C@@H](O)[C@H](O)[C@@H](O)CO)N(CCCCCc1cc(Cl)c(COC2(c3cnccc3-c3ccccc3OC3CC3)CC2)cc1Cl)CCOCCO. The van der Waals surface area contributed by atoms with Gasteiger partial charge >= 0.3 is 0 Å². The molecule has 0 aliphatic heterocycles. The molecule has 2 aliphatic rings. The van der Waals surface area contributed by atoms with Gasteiger partial charge in [-0.15, -0.1) is 0 Å². The topological polar surface area (TPSA) is 182 Å². The zero-order valence-corrected chi connectivity index (χ0v) is 31.2. The van der Waals surface area contributed by atoms with Crippen molar-refractivity contribution in [3.8, 4) is 16.9 Å². The van der Waals surface area contributed by atoms with Crippen LogP contribution in [0.15, 0.2) is 54.9 Å². The Labute approximate surface area is 319 Å². The monoisotopic (exact) mass is 776 g/mol. The van der Waals surface area contributed by atoms with Crippen LogP contribution in [0.25, 0.3) is 11.1 Å². The Morgan fingerprint density at radius 1 is 0.906 bits per heavy atom. The van der Waals surface area contributed by atoms with E-state index in [-0.39, 0.29) is 45.6 Å². The Morgan fingerprint density at radius 3 is 2.36 bits per heavy atom. The normalized spacial score (nSPS) is 17.2. The van der Waals surface area contributed by atoms with Crippen LogP contribution >= 0.6 is 23.2 Å². The van der Waals surface area contributed by atoms with Crippen molar-refractivity contribution in [1.29, 1.82) is 0 Å². The predicted octanol–water partition coefficient (Wildman–Crippen LogP) is 3.79. The maximum absolute atomic E-state index is 13.0. The molecular weight excluding hydrogens is 727 g/mol. The van der Waals surface area contributed by atoms with E-state index in [4.69, 9.17) is 47.6 Å². The molecule has 53 heavy (non-hydrogen) atoms. The average Bonchev–Trinajstić information content (AvgIpc) is 4.12. The summed E-state index contributed by atoms with van der Waals surface area (Å²) in [5.74, 6) is 0.00610. The van der Waals surface area contributed by atoms with Gasteiger partial charge in [-0.2, -0.15) is 0 Å². The van der Waals surface area contributed by atoms with Crippen molar-refractivity contribution in [3.63, 3.8) is 0 Å². The molecule has 2 aliphatic carbocycles. The lowest BCUT2D eigenvalue weighted by molar-refractivity contribution is -0.159. The molecule has 1 amide bonds. The highest BCUT2D eigenvalue weighted by Gasteiger charge is 2.48. The van der Waals surface area contributed by atoms with Crippen molar-refractivity contribution in [2.24, 2.45) is 0 Å². The molecule has 6 N–H and O–H groups in total. The standard InChI is InChI=1S/C39H50Cl2N2O10/c40-31-21-26(24-52-39(12-13-39)30-22-42-14-11-28(30)29-7-3-4-8-34(29)53-27-9-10-27)32(41)20-25(31)6-2-1-5-15-43(16-18-51-19-17-44)38(50)37(49)36(48)35(47)33(46)23-45/h3-4,7-8,11,14,20-22,27,33,35-37,44-49H,1-2,5-6,9-10,12-13,15-19,23-24H2/t33-,35+,36-,37-/m0/s1. The lowest BCUT2D eigenvalue weighted by Crippen LogP contribution is -2.53. The van der Waals surface area contributed by atoms with Crippen LogP contribution in [0.1, 0.15) is 61.6 Å². The number of aliphatic hydroxyl groups is 6. The molecule has 0 spiro atoms. The molecule has 1 aromatic heterocycles. The number of unbranched alkanes of at least 4 members (excludes halogenated alkanes) is 2. The van der Waals surface area contributed by atoms with Gasteiger partial charge in [0.15, 0.2) is 6.10 Å². The molecule has 1 heterocycles. The molecule has 0 unspecified atom stereocenters. The molecule has 3 aromatic rings. The second kappa shape index (κ2) is 19.6. The van der Waals surface area contributed by atoms with Crippen LogP contribution in [-0.4, -0.2) is 116 Å². The molecule has 0 bridgehead atoms. The van der Waals surface area contributed by atoms with Gasteiger partial charge < -0.3 is 49.7 Å². The fraction of sp³-hybridized carbons (Fsp3) is 0.538. The number of aromatic nitrogens is 1. The zero-order chi connectivity index (χ0) is 38.0. The molecule has 2 fully saturated rings. The summed E-state index contributed by atoms with van der Waals surface area (Å²) in [6, 6.07) is 13.8. The van der Waals surface area contributed by atoms with Gasteiger partial charge in [0.25, 0.3) is 5.91 Å². The quantitative estimate of drug-likeness (QED) is 0.0772. The van der Waals surface area contributed by atoms with Crippen LogP contribution in [0.3, 0.4) is 0 Å². The summed E-state index contributed by atoms with van der Waals surface area (Å²) >= 11 is 13.5. The maximum Gasteiger partial charge on any atom is 0.254 e. The summed E-state index contributed by atoms with van der Waals surface area (Å²) < 4.78 is 18.1. The maximum atomic E-state index is 13.0. The number of aryl methyl sites for hydroxylation is 1. The smallest absolute Gasteiger partial charge is 0.254 e. The van der Waals surface area contributed by atoms with E-state index in [2.05, 4.69) is 11.1 Å². The molecule has 12 nitrogen and oxygen atoms in total. The van der Waals surface area contributed by atoms with E-state index < -0.39 is 42.5 Å². The Hall–Kier alpha value is -2.88. The van der Waals surface area contributed by atoms with Crippen molar-refractivity contribution in [2.75, 3.05) is 39.5 Å². The van der Waals surface area contributed by atoms with Crippen molar-refractivity contribution in [3.05, 3.63) is 81.6 Å². The Kier molecular flexibility index (Phi) is 15.3. The van der Waals surface area contributed by atoms with E-state index in [0.717, 1.165) is 65.7 Å². The number of halogens is 2. The highest BCUT2D eigenvalue weighted by atomic mass is 35.5. The Morgan fingerprint density at radius 2 is 1.64 bits per heavy atom. The third kappa shape index (κ3) is 11.1. The van der Waals surface area contributed by atoms with Crippen LogP contribution in [0, 0.1) is 0 Å². The first-order chi connectivity index (χ1) is 25.6. The van der Waals surface area contributed by atoms with E-state index >= 15 is 0 Å². The van der Waals surface area contributed by atoms with Gasteiger partial charge in [-0.1, -0.05) is 47.8 Å². The number of pyridine rings is 1. The van der Waals surface area contributed by atoms with Gasteiger partial charge in [-0.25, -0.2) is 0 Å². The van der Waals surface area contributed by atoms with Crippen LogP contribution in [0.2, 0.25) is 10.0 Å². The number of carbonyl (C=O) groups is 1. The number of ether oxygens (including phenoxy) is 3. The summed E-state index contributed by atoms with van der Waals surface area (Å²) in [5.41, 5.74) is 4.26. The molecule has 0 radical (unpaired) electrons. The van der Waals surface area contributed by atoms with Crippen LogP contribution in [0.5, 0.6) is 5.75 Å². The molecule has 5 rings (SSSR count). The number of carbonyl (C=O) groups excluding carboxylic acids is 1. The molecule has 0 saturated heterocycles. The van der Waals surface area contributed by atoms with Gasteiger partial charge in [0.2, 0.25) is 0 Å². The van der Waals surface area contributed by atoms with E-state index in [0.29, 0.717) is 29.3 Å². The van der Waals surface area contributed by atoms with Crippen molar-refractivity contribution < 1.29 is 49.6 Å². The summed E-state index contributed by atoms with van der Waals surface area (Å²) in [7, 11) is 0. The fourth-order valence-corrected chi connectivity index (χ4v) is 6.75. The number of para-hydroxylation sites is 1. The Bertz CT molecular complexity index is 1640. The first-order valence-electron chi connectivity index (χ1n) is 18.2. The second-order valence-corrected chi connectivity index (χ2v) is 14.5. The fourth-order valence-electron chi connectivity index (χ4n) is 6.23. The van der Waals surface area contributed by atoms with Gasteiger partial charge in [0, 0.05) is 46.7 Å². The van der Waals surface area contributed by atoms with Crippen molar-refractivity contribution in [1.82, 2.24) is 9.88 Å². The third-order valence-corrected chi connectivity index (χ3v) is 10.4. The van der Waals surface area contributed by atoms with Gasteiger partial charge in [-0.3, -0.25) is 9.78 Å². The highest BCUT2D eigenvalue weighted by molar-refractivity contribution is 6.34. The third-order valence-electron chi connectivity index (χ3n) is 9.67. The number of rotatable bonds is 23. The highest BCUT2D eigenvalue weighted by Crippen LogP contribution is 2.53. The lowest BCUT2D eigenvalue weighted by atomic mass is 9.96. The first kappa shape index (κ1) is 41.3. The van der Waals surface area contributed by atoms with Crippen molar-refractivity contribution >= 4 is 29.1 Å². The van der Waals surface area contributed by atoms with E-state index in [1.165, 1.54) is 4.90 Å². The molecular formula is C39H50Cl2N2O10. The predicted molar refractivity (Wildman–Crippen MR) is 199 cm³/mol. The number of nitrogens with zero attached hydrogens (tertiary/aromatic N) is 2. The number of aliphatic hydroxyl groups excluding tert-OH is 6. The summed E-state index contributed by atoms with van der Waals surface area (Å²) in [4.78, 5) is 18.7. The Balaban J connectivity index is 1.15. The summed E-state index contributed by atoms with van der Waals surface area (Å²) in [6.45, 7) is -0.347. The summed E-state index contributed by atoms with van der Waals surface area (Å²) in [6.07, 6.45) is 2.69. The van der Waals surface area contributed by atoms with Gasteiger partial charge in [0.1, 0.15) is 24.1 Å². The van der Waals surface area contributed by atoms with E-state index in [9.17, 15) is 25.2 Å². The van der Waals surface area contributed by atoms with Gasteiger partial charge in [-0.05, 0) is 85.9 Å². The zero-order valence-electron chi connectivity index (χ0n) is 29.7. The number of benzene rings is 2. The second-order valence-electron chi connectivity index (χ2n) is 13.7. The summed E-state index contributed by atoms with van der Waals surface area (Å²) in [5, 5.41) is 59.4. The van der Waals surface area contributed by atoms with E-state index in [1.807, 2.05) is 42.6 Å². The lowest BCUT2D eigenvalue weighted by Gasteiger charge is -2.30. The molecule has 14 heteroatoms. The molecule has 2 saturated carbocycles. The van der Waals surface area contributed by atoms with Gasteiger partial charge in [0.05, 0.1) is 44.7 Å². The number of hydrogen-bond donors (Lipinski definition) is 6. The molecule has 2 aromatic carbocycles. The minimum Gasteiger partial charge on any atom is -0.490 e. The minimum atomic E-state index is -2.03. The molecule has 290 valence electrons.